The topological polar surface area (TPSA) is 58.1 Å². The monoisotopic (exact) mass is 374 g/mol. The molecule has 0 amide bonds. The van der Waals surface area contributed by atoms with Crippen molar-refractivity contribution in [3.63, 3.8) is 0 Å². The Hall–Kier alpha value is -1.79. The van der Waals surface area contributed by atoms with Gasteiger partial charge < -0.3 is 20.1 Å². The summed E-state index contributed by atoms with van der Waals surface area (Å²) in [6.07, 6.45) is 2.33. The van der Waals surface area contributed by atoms with Crippen LogP contribution in [-0.2, 0) is 10.2 Å². The molecule has 2 N–H and O–H groups in total. The molecule has 1 heterocycles. The molecule has 1 unspecified atom stereocenters. The number of ether oxygens (including phenoxy) is 2. The molecule has 3 rings (SSSR count). The van der Waals surface area contributed by atoms with E-state index in [0.717, 1.165) is 57.6 Å². The van der Waals surface area contributed by atoms with Gasteiger partial charge >= 0.3 is 0 Å². The van der Waals surface area contributed by atoms with Crippen molar-refractivity contribution >= 4 is 5.96 Å². The van der Waals surface area contributed by atoms with Crippen LogP contribution in [-0.4, -0.2) is 69.9 Å². The average molecular weight is 375 g/mol. The molecule has 0 aromatic heterocycles. The first kappa shape index (κ1) is 20.0. The van der Waals surface area contributed by atoms with E-state index in [-0.39, 0.29) is 5.41 Å². The van der Waals surface area contributed by atoms with E-state index in [4.69, 9.17) is 14.5 Å². The lowest BCUT2D eigenvalue weighted by Gasteiger charge is -2.32. The predicted molar refractivity (Wildman–Crippen MR) is 110 cm³/mol. The molecule has 150 valence electrons. The molecule has 1 aliphatic heterocycles. The average Bonchev–Trinajstić information content (AvgIpc) is 3.51. The minimum atomic E-state index is 0.130. The highest BCUT2D eigenvalue weighted by Crippen LogP contribution is 2.51. The minimum Gasteiger partial charge on any atom is -0.496 e. The largest absolute Gasteiger partial charge is 0.496 e. The van der Waals surface area contributed by atoms with Crippen molar-refractivity contribution in [1.82, 2.24) is 15.5 Å². The van der Waals surface area contributed by atoms with Crippen LogP contribution in [0.3, 0.4) is 0 Å². The summed E-state index contributed by atoms with van der Waals surface area (Å²) >= 11 is 0. The van der Waals surface area contributed by atoms with E-state index in [9.17, 15) is 0 Å². The summed E-state index contributed by atoms with van der Waals surface area (Å²) in [5.41, 5.74) is 1.42. The number of para-hydroxylation sites is 1. The smallest absolute Gasteiger partial charge is 0.191 e. The van der Waals surface area contributed by atoms with Crippen molar-refractivity contribution in [2.75, 3.05) is 53.0 Å². The molecular formula is C21H34N4O2. The van der Waals surface area contributed by atoms with Crippen LogP contribution >= 0.6 is 0 Å². The third-order valence-electron chi connectivity index (χ3n) is 5.65. The van der Waals surface area contributed by atoms with Gasteiger partial charge in [-0.3, -0.25) is 9.89 Å². The van der Waals surface area contributed by atoms with Gasteiger partial charge in [-0.2, -0.15) is 0 Å². The Kier molecular flexibility index (Phi) is 6.96. The van der Waals surface area contributed by atoms with Crippen LogP contribution in [0.1, 0.15) is 32.3 Å². The molecule has 1 aliphatic carbocycles. The highest BCUT2D eigenvalue weighted by molar-refractivity contribution is 5.79. The van der Waals surface area contributed by atoms with E-state index < -0.39 is 0 Å². The fraction of sp³-hybridized carbons (Fsp3) is 0.667. The molecule has 0 radical (unpaired) electrons. The van der Waals surface area contributed by atoms with E-state index in [2.05, 4.69) is 41.5 Å². The van der Waals surface area contributed by atoms with Gasteiger partial charge in [0, 0.05) is 43.2 Å². The normalized spacial score (nSPS) is 20.8. The van der Waals surface area contributed by atoms with Crippen molar-refractivity contribution in [1.29, 1.82) is 0 Å². The lowest BCUT2D eigenvalue weighted by Crippen LogP contribution is -2.49. The number of morpholine rings is 1. The second-order valence-corrected chi connectivity index (χ2v) is 7.55. The molecule has 1 atom stereocenters. The summed E-state index contributed by atoms with van der Waals surface area (Å²) in [5, 5.41) is 6.91. The molecule has 27 heavy (non-hydrogen) atoms. The van der Waals surface area contributed by atoms with E-state index in [0.29, 0.717) is 6.04 Å². The number of benzene rings is 1. The van der Waals surface area contributed by atoms with Crippen LogP contribution in [0.25, 0.3) is 0 Å². The summed E-state index contributed by atoms with van der Waals surface area (Å²) in [7, 11) is 1.75. The molecular weight excluding hydrogens is 340 g/mol. The number of aliphatic imine (C=N–C) groups is 1. The maximum Gasteiger partial charge on any atom is 0.191 e. The number of methoxy groups -OCH3 is 1. The number of hydrogen-bond donors (Lipinski definition) is 2. The lowest BCUT2D eigenvalue weighted by molar-refractivity contribution is 0.0211. The third-order valence-corrected chi connectivity index (χ3v) is 5.65. The Morgan fingerprint density at radius 1 is 1.26 bits per heavy atom. The summed E-state index contributed by atoms with van der Waals surface area (Å²) in [6.45, 7) is 10.6. The zero-order valence-electron chi connectivity index (χ0n) is 17.0. The maximum atomic E-state index is 5.58. The first-order valence-corrected chi connectivity index (χ1v) is 10.2. The zero-order valence-corrected chi connectivity index (χ0v) is 17.0. The lowest BCUT2D eigenvalue weighted by atomic mass is 9.95. The Labute approximate surface area is 163 Å². The van der Waals surface area contributed by atoms with Gasteiger partial charge in [0.15, 0.2) is 5.96 Å². The Morgan fingerprint density at radius 3 is 2.67 bits per heavy atom. The van der Waals surface area contributed by atoms with Crippen molar-refractivity contribution in [2.24, 2.45) is 4.99 Å². The van der Waals surface area contributed by atoms with Crippen molar-refractivity contribution < 1.29 is 9.47 Å². The van der Waals surface area contributed by atoms with Gasteiger partial charge in [-0.15, -0.1) is 0 Å². The van der Waals surface area contributed by atoms with Gasteiger partial charge in [0.25, 0.3) is 0 Å². The molecule has 6 nitrogen and oxygen atoms in total. The number of nitrogens with one attached hydrogen (secondary N) is 2. The Bertz CT molecular complexity index is 624. The standard InChI is InChI=1S/C21H34N4O2/c1-4-22-20(23-15-17(2)25-11-13-27-14-12-25)24-16-21(9-10-21)18-7-5-6-8-19(18)26-3/h5-8,17H,4,9-16H2,1-3H3,(H2,22,23,24). The van der Waals surface area contributed by atoms with Crippen LogP contribution in [0.15, 0.2) is 29.3 Å². The summed E-state index contributed by atoms with van der Waals surface area (Å²) in [5.74, 6) is 1.88. The van der Waals surface area contributed by atoms with Gasteiger partial charge in [-0.25, -0.2) is 0 Å². The van der Waals surface area contributed by atoms with E-state index >= 15 is 0 Å². The Balaban J connectivity index is 1.60. The molecule has 0 bridgehead atoms. The first-order chi connectivity index (χ1) is 13.2. The number of guanidine groups is 1. The van der Waals surface area contributed by atoms with E-state index in [1.807, 2.05) is 12.1 Å². The Morgan fingerprint density at radius 2 is 2.00 bits per heavy atom. The minimum absolute atomic E-state index is 0.130. The van der Waals surface area contributed by atoms with Gasteiger partial charge in [0.1, 0.15) is 5.75 Å². The molecule has 1 aromatic rings. The second-order valence-electron chi connectivity index (χ2n) is 7.55. The predicted octanol–water partition coefficient (Wildman–Crippen LogP) is 2.00. The molecule has 2 aliphatic rings. The zero-order chi connectivity index (χ0) is 19.1. The van der Waals surface area contributed by atoms with Gasteiger partial charge in [0.2, 0.25) is 0 Å². The maximum absolute atomic E-state index is 5.58. The van der Waals surface area contributed by atoms with Crippen LogP contribution in [0.4, 0.5) is 0 Å². The quantitative estimate of drug-likeness (QED) is 0.538. The highest BCUT2D eigenvalue weighted by atomic mass is 16.5. The second kappa shape index (κ2) is 9.42. The van der Waals surface area contributed by atoms with Gasteiger partial charge in [-0.1, -0.05) is 18.2 Å². The summed E-state index contributed by atoms with van der Waals surface area (Å²) in [4.78, 5) is 7.38. The fourth-order valence-corrected chi connectivity index (χ4v) is 3.71. The molecule has 1 saturated heterocycles. The van der Waals surface area contributed by atoms with Gasteiger partial charge in [-0.05, 0) is 32.8 Å². The molecule has 0 spiro atoms. The SMILES string of the molecule is CCNC(=NCC1(c2ccccc2OC)CC1)NCC(C)N1CCOCC1. The number of hydrogen-bond acceptors (Lipinski definition) is 4. The number of rotatable bonds is 8. The first-order valence-electron chi connectivity index (χ1n) is 10.2. The number of nitrogens with zero attached hydrogens (tertiary/aromatic N) is 2. The summed E-state index contributed by atoms with van der Waals surface area (Å²) < 4.78 is 11.0. The van der Waals surface area contributed by atoms with Crippen LogP contribution < -0.4 is 15.4 Å². The van der Waals surface area contributed by atoms with Gasteiger partial charge in [0.05, 0.1) is 26.9 Å². The molecule has 1 aromatic carbocycles. The van der Waals surface area contributed by atoms with Crippen LogP contribution in [0.2, 0.25) is 0 Å². The highest BCUT2D eigenvalue weighted by Gasteiger charge is 2.46. The van der Waals surface area contributed by atoms with Crippen molar-refractivity contribution in [2.45, 2.75) is 38.1 Å². The van der Waals surface area contributed by atoms with E-state index in [1.165, 1.54) is 18.4 Å². The van der Waals surface area contributed by atoms with E-state index in [1.54, 1.807) is 7.11 Å². The fourth-order valence-electron chi connectivity index (χ4n) is 3.71. The third kappa shape index (κ3) is 5.14. The summed E-state index contributed by atoms with van der Waals surface area (Å²) in [6, 6.07) is 8.81. The van der Waals surface area contributed by atoms with Crippen LogP contribution in [0, 0.1) is 0 Å². The van der Waals surface area contributed by atoms with Crippen molar-refractivity contribution in [3.05, 3.63) is 29.8 Å². The molecule has 1 saturated carbocycles. The van der Waals surface area contributed by atoms with Crippen LogP contribution in [0.5, 0.6) is 5.75 Å². The molecule has 2 fully saturated rings. The van der Waals surface area contributed by atoms with Crippen molar-refractivity contribution in [3.8, 4) is 5.75 Å². The molecule has 6 heteroatoms.